The van der Waals surface area contributed by atoms with Gasteiger partial charge in [0.05, 0.1) is 30.7 Å². The van der Waals surface area contributed by atoms with Gasteiger partial charge in [-0.2, -0.15) is 0 Å². The van der Waals surface area contributed by atoms with Crippen LogP contribution in [0.1, 0.15) is 6.92 Å². The summed E-state index contributed by atoms with van der Waals surface area (Å²) >= 11 is 29.6. The Morgan fingerprint density at radius 3 is 2.00 bits per heavy atom. The first-order valence-electron chi connectivity index (χ1n) is 6.70. The molecule has 0 aliphatic heterocycles. The minimum absolute atomic E-state index is 0.0396. The van der Waals surface area contributed by atoms with Gasteiger partial charge in [-0.05, 0) is 48.9 Å². The molecular weight excluding hydrogens is 452 g/mol. The van der Waals surface area contributed by atoms with Crippen molar-refractivity contribution in [2.75, 3.05) is 4.31 Å². The molecule has 0 spiro atoms. The molecule has 0 N–H and O–H groups in total. The molecule has 0 saturated carbocycles. The second-order valence-electron chi connectivity index (χ2n) is 4.93. The van der Waals surface area contributed by atoms with Crippen molar-refractivity contribution >= 4 is 79.0 Å². The zero-order valence-corrected chi connectivity index (χ0v) is 17.1. The molecule has 0 amide bonds. The van der Waals surface area contributed by atoms with Crippen molar-refractivity contribution in [3.05, 3.63) is 56.5 Å². The number of benzene rings is 2. The maximum absolute atomic E-state index is 13.1. The fraction of sp³-hybridized carbons (Fsp3) is 0.133. The Kier molecular flexibility index (Phi) is 6.52. The monoisotopic (exact) mass is 459 g/mol. The first-order chi connectivity index (χ1) is 11.6. The van der Waals surface area contributed by atoms with Gasteiger partial charge in [0.2, 0.25) is 5.24 Å². The van der Waals surface area contributed by atoms with Gasteiger partial charge in [-0.25, -0.2) is 8.42 Å². The first kappa shape index (κ1) is 20.6. The van der Waals surface area contributed by atoms with Crippen molar-refractivity contribution in [1.82, 2.24) is 0 Å². The van der Waals surface area contributed by atoms with Crippen LogP contribution in [0.3, 0.4) is 0 Å². The van der Waals surface area contributed by atoms with Gasteiger partial charge in [0, 0.05) is 0 Å². The van der Waals surface area contributed by atoms with Gasteiger partial charge in [-0.1, -0.05) is 52.5 Å². The minimum Gasteiger partial charge on any atom is -0.279 e. The summed E-state index contributed by atoms with van der Waals surface area (Å²) in [4.78, 5) is 11.5. The number of sulfonamides is 1. The predicted octanol–water partition coefficient (Wildman–Crippen LogP) is 5.65. The third-order valence-electron chi connectivity index (χ3n) is 3.29. The van der Waals surface area contributed by atoms with Gasteiger partial charge in [0.15, 0.2) is 0 Å². The summed E-state index contributed by atoms with van der Waals surface area (Å²) in [7, 11) is -4.27. The van der Waals surface area contributed by atoms with E-state index in [1.807, 2.05) is 0 Å². The van der Waals surface area contributed by atoms with Crippen molar-refractivity contribution in [2.45, 2.75) is 17.9 Å². The third-order valence-corrected chi connectivity index (χ3v) is 6.82. The molecule has 0 aromatic heterocycles. The Morgan fingerprint density at radius 1 is 0.960 bits per heavy atom. The molecule has 25 heavy (non-hydrogen) atoms. The molecule has 134 valence electrons. The van der Waals surface area contributed by atoms with Crippen LogP contribution in [-0.2, 0) is 14.8 Å². The highest BCUT2D eigenvalue weighted by atomic mass is 35.5. The van der Waals surface area contributed by atoms with Gasteiger partial charge in [0.25, 0.3) is 10.0 Å². The number of para-hydroxylation sites is 1. The minimum atomic E-state index is -4.27. The summed E-state index contributed by atoms with van der Waals surface area (Å²) in [6.07, 6.45) is 0. The lowest BCUT2D eigenvalue weighted by molar-refractivity contribution is -0.112. The predicted molar refractivity (Wildman–Crippen MR) is 103 cm³/mol. The smallest absolute Gasteiger partial charge is 0.265 e. The standard InChI is InChI=1S/C15H10Cl5NO3S/c1-8(15(20)22)21(14-11(17)3-2-4-12(14)18)25(23,24)9-5-6-10(16)13(19)7-9/h2-8H,1H3. The van der Waals surface area contributed by atoms with E-state index in [4.69, 9.17) is 58.0 Å². The second-order valence-corrected chi connectivity index (χ2v) is 8.74. The van der Waals surface area contributed by atoms with E-state index < -0.39 is 21.3 Å². The highest BCUT2D eigenvalue weighted by molar-refractivity contribution is 7.93. The Morgan fingerprint density at radius 2 is 1.52 bits per heavy atom. The lowest BCUT2D eigenvalue weighted by atomic mass is 10.3. The van der Waals surface area contributed by atoms with Gasteiger partial charge in [-0.15, -0.1) is 0 Å². The van der Waals surface area contributed by atoms with Crippen molar-refractivity contribution in [1.29, 1.82) is 0 Å². The van der Waals surface area contributed by atoms with Gasteiger partial charge in [0.1, 0.15) is 6.04 Å². The maximum atomic E-state index is 13.1. The Hall–Kier alpha value is -0.690. The zero-order valence-electron chi connectivity index (χ0n) is 12.5. The van der Waals surface area contributed by atoms with Crippen LogP contribution in [0.5, 0.6) is 0 Å². The summed E-state index contributed by atoms with van der Waals surface area (Å²) in [6.45, 7) is 1.32. The Balaban J connectivity index is 2.75. The summed E-state index contributed by atoms with van der Waals surface area (Å²) in [6, 6.07) is 6.94. The lowest BCUT2D eigenvalue weighted by Crippen LogP contribution is -2.42. The topological polar surface area (TPSA) is 54.5 Å². The number of halogens is 5. The van der Waals surface area contributed by atoms with Gasteiger partial charge >= 0.3 is 0 Å². The van der Waals surface area contributed by atoms with Gasteiger partial charge in [-0.3, -0.25) is 9.10 Å². The number of carbonyl (C=O) groups excluding carboxylic acids is 1. The highest BCUT2D eigenvalue weighted by Gasteiger charge is 2.35. The molecule has 0 saturated heterocycles. The number of carbonyl (C=O) groups is 1. The highest BCUT2D eigenvalue weighted by Crippen LogP contribution is 2.39. The van der Waals surface area contributed by atoms with E-state index in [9.17, 15) is 13.2 Å². The van der Waals surface area contributed by atoms with E-state index in [2.05, 4.69) is 0 Å². The average Bonchev–Trinajstić information content (AvgIpc) is 2.52. The van der Waals surface area contributed by atoms with E-state index in [1.54, 1.807) is 6.07 Å². The average molecular weight is 462 g/mol. The Labute approximate surface area is 170 Å². The molecule has 0 aliphatic rings. The van der Waals surface area contributed by atoms with Crippen LogP contribution >= 0.6 is 58.0 Å². The summed E-state index contributed by atoms with van der Waals surface area (Å²) < 4.78 is 27.1. The third kappa shape index (κ3) is 4.18. The van der Waals surface area contributed by atoms with E-state index in [-0.39, 0.29) is 30.7 Å². The summed E-state index contributed by atoms with van der Waals surface area (Å²) in [5.41, 5.74) is -0.0570. The largest absolute Gasteiger partial charge is 0.279 e. The lowest BCUT2D eigenvalue weighted by Gasteiger charge is -2.29. The number of hydrogen-bond donors (Lipinski definition) is 0. The van der Waals surface area contributed by atoms with E-state index in [0.717, 1.165) is 4.31 Å². The fourth-order valence-electron chi connectivity index (χ4n) is 2.06. The maximum Gasteiger partial charge on any atom is 0.265 e. The molecule has 10 heteroatoms. The van der Waals surface area contributed by atoms with Crippen LogP contribution in [0.15, 0.2) is 41.3 Å². The Bertz CT molecular complexity index is 913. The summed E-state index contributed by atoms with van der Waals surface area (Å²) in [5.74, 6) is 0. The molecular formula is C15H10Cl5NO3S. The van der Waals surface area contributed by atoms with Crippen LogP contribution in [-0.4, -0.2) is 19.7 Å². The second kappa shape index (κ2) is 7.91. The number of anilines is 1. The van der Waals surface area contributed by atoms with E-state index >= 15 is 0 Å². The zero-order chi connectivity index (χ0) is 18.9. The summed E-state index contributed by atoms with van der Waals surface area (Å²) in [5, 5.41) is -0.594. The van der Waals surface area contributed by atoms with E-state index in [0.29, 0.717) is 0 Å². The van der Waals surface area contributed by atoms with Crippen LogP contribution in [0.2, 0.25) is 20.1 Å². The normalized spacial score (nSPS) is 12.7. The molecule has 2 aromatic carbocycles. The number of hydrogen-bond acceptors (Lipinski definition) is 3. The van der Waals surface area contributed by atoms with Gasteiger partial charge < -0.3 is 0 Å². The SMILES string of the molecule is CC(C(=O)Cl)N(c1c(Cl)cccc1Cl)S(=O)(=O)c1ccc(Cl)c(Cl)c1. The molecule has 0 aliphatic carbocycles. The number of rotatable bonds is 5. The van der Waals surface area contributed by atoms with Crippen LogP contribution in [0.25, 0.3) is 0 Å². The van der Waals surface area contributed by atoms with Crippen LogP contribution in [0, 0.1) is 0 Å². The van der Waals surface area contributed by atoms with E-state index in [1.165, 1.54) is 37.3 Å². The molecule has 2 rings (SSSR count). The molecule has 0 heterocycles. The molecule has 1 atom stereocenters. The molecule has 2 aromatic rings. The van der Waals surface area contributed by atoms with Crippen molar-refractivity contribution in [3.8, 4) is 0 Å². The molecule has 0 bridgehead atoms. The van der Waals surface area contributed by atoms with Crippen molar-refractivity contribution < 1.29 is 13.2 Å². The molecule has 0 radical (unpaired) electrons. The fourth-order valence-corrected chi connectivity index (χ4v) is 4.95. The van der Waals surface area contributed by atoms with Crippen LogP contribution < -0.4 is 4.31 Å². The van der Waals surface area contributed by atoms with Crippen molar-refractivity contribution in [3.63, 3.8) is 0 Å². The first-order valence-corrected chi connectivity index (χ1v) is 10.0. The molecule has 1 unspecified atom stereocenters. The quantitative estimate of drug-likeness (QED) is 0.541. The number of nitrogens with zero attached hydrogens (tertiary/aromatic N) is 1. The molecule has 0 fully saturated rings. The molecule has 4 nitrogen and oxygen atoms in total. The van der Waals surface area contributed by atoms with Crippen molar-refractivity contribution in [2.24, 2.45) is 0 Å². The van der Waals surface area contributed by atoms with Crippen LogP contribution in [0.4, 0.5) is 5.69 Å².